The Labute approximate surface area is 142 Å². The number of nitrogens with two attached hydrogens (primary N) is 1. The molecular weight excluding hydrogens is 326 g/mol. The fraction of sp³-hybridized carbons (Fsp3) is 0.167. The summed E-state index contributed by atoms with van der Waals surface area (Å²) in [5.74, 6) is 0.727. The van der Waals surface area contributed by atoms with Gasteiger partial charge in [-0.3, -0.25) is 0 Å². The molecule has 0 aliphatic carbocycles. The summed E-state index contributed by atoms with van der Waals surface area (Å²) >= 11 is 1.61. The number of para-hydroxylation sites is 1. The third kappa shape index (κ3) is 2.80. The monoisotopic (exact) mass is 341 g/mol. The van der Waals surface area contributed by atoms with Crippen LogP contribution in [0.25, 0.3) is 11.0 Å². The summed E-state index contributed by atoms with van der Waals surface area (Å²) < 4.78 is 16.4. The Hall–Kier alpha value is -2.60. The molecule has 1 aliphatic heterocycles. The zero-order chi connectivity index (χ0) is 16.5. The lowest BCUT2D eigenvalue weighted by molar-refractivity contribution is 0.0764. The molecule has 2 heterocycles. The van der Waals surface area contributed by atoms with Gasteiger partial charge in [-0.05, 0) is 24.3 Å². The van der Waals surface area contributed by atoms with Crippen LogP contribution in [-0.2, 0) is 4.74 Å². The first kappa shape index (κ1) is 15.0. The topological polar surface area (TPSA) is 74.7 Å². The summed E-state index contributed by atoms with van der Waals surface area (Å²) in [4.78, 5) is 13.1. The number of hydrogen-bond acceptors (Lipinski definition) is 5. The largest absolute Gasteiger partial charge is 0.493 e. The Morgan fingerprint density at radius 2 is 2.12 bits per heavy atom. The summed E-state index contributed by atoms with van der Waals surface area (Å²) in [6.45, 7) is 0.494. The smallest absolute Gasteiger partial charge is 0.405 e. The molecule has 1 aliphatic rings. The zero-order valence-corrected chi connectivity index (χ0v) is 13.5. The van der Waals surface area contributed by atoms with Crippen molar-refractivity contribution in [3.8, 4) is 5.75 Å². The number of ether oxygens (including phenoxy) is 2. The number of hydrogen-bond donors (Lipinski definition) is 1. The minimum absolute atomic E-state index is 0.347. The predicted molar refractivity (Wildman–Crippen MR) is 90.3 cm³/mol. The molecule has 1 atom stereocenters. The van der Waals surface area contributed by atoms with E-state index in [4.69, 9.17) is 19.6 Å². The number of rotatable bonds is 3. The molecule has 1 unspecified atom stereocenters. The molecule has 2 aromatic carbocycles. The third-order valence-corrected chi connectivity index (χ3v) is 4.93. The highest BCUT2D eigenvalue weighted by atomic mass is 32.2. The highest BCUT2D eigenvalue weighted by molar-refractivity contribution is 7.99. The summed E-state index contributed by atoms with van der Waals surface area (Å²) in [5, 5.41) is 1.08. The number of fused-ring (bicyclic) bond motifs is 2. The van der Waals surface area contributed by atoms with Crippen LogP contribution in [0, 0.1) is 0 Å². The van der Waals surface area contributed by atoms with Crippen LogP contribution in [0.1, 0.15) is 18.1 Å². The van der Waals surface area contributed by atoms with E-state index in [2.05, 4.69) is 0 Å². The van der Waals surface area contributed by atoms with E-state index in [1.165, 1.54) is 0 Å². The first-order valence-corrected chi connectivity index (χ1v) is 8.39. The third-order valence-electron chi connectivity index (χ3n) is 3.90. The molecule has 1 aromatic heterocycles. The van der Waals surface area contributed by atoms with Crippen molar-refractivity contribution in [1.29, 1.82) is 0 Å². The first-order valence-electron chi connectivity index (χ1n) is 7.57. The van der Waals surface area contributed by atoms with Crippen LogP contribution >= 0.6 is 11.8 Å². The van der Waals surface area contributed by atoms with E-state index in [9.17, 15) is 4.79 Å². The van der Waals surface area contributed by atoms with Crippen LogP contribution in [0.3, 0.4) is 0 Å². The summed E-state index contributed by atoms with van der Waals surface area (Å²) in [6.07, 6.45) is 1.25. The number of carbonyl (C=O) groups is 1. The minimum atomic E-state index is -0.767. The van der Waals surface area contributed by atoms with Gasteiger partial charge in [-0.1, -0.05) is 30.0 Å². The van der Waals surface area contributed by atoms with Crippen molar-refractivity contribution in [2.24, 2.45) is 5.73 Å². The van der Waals surface area contributed by atoms with Crippen LogP contribution in [0.4, 0.5) is 4.79 Å². The lowest BCUT2D eigenvalue weighted by atomic mass is 10.0. The number of primary amides is 1. The summed E-state index contributed by atoms with van der Waals surface area (Å²) in [6, 6.07) is 13.8. The van der Waals surface area contributed by atoms with Gasteiger partial charge in [0, 0.05) is 22.3 Å². The standard InChI is InChI=1S/C18H15NO4S/c19-18(20)23-15-7-8-21-16-9-11(5-6-12(15)16)24-17-10-22-14-4-2-1-3-13(14)17/h1-6,9-10,15H,7-8H2,(H2,19,20). The second-order valence-electron chi connectivity index (χ2n) is 5.46. The van der Waals surface area contributed by atoms with Crippen molar-refractivity contribution in [2.75, 3.05) is 6.61 Å². The van der Waals surface area contributed by atoms with Crippen molar-refractivity contribution in [1.82, 2.24) is 0 Å². The molecular formula is C18H15NO4S. The van der Waals surface area contributed by atoms with Crippen molar-refractivity contribution in [3.63, 3.8) is 0 Å². The maximum Gasteiger partial charge on any atom is 0.405 e. The molecule has 0 bridgehead atoms. The quantitative estimate of drug-likeness (QED) is 0.759. The second kappa shape index (κ2) is 6.13. The molecule has 3 aromatic rings. The second-order valence-corrected chi connectivity index (χ2v) is 6.58. The van der Waals surface area contributed by atoms with Crippen molar-refractivity contribution in [3.05, 3.63) is 54.3 Å². The van der Waals surface area contributed by atoms with Gasteiger partial charge in [0.1, 0.15) is 23.7 Å². The van der Waals surface area contributed by atoms with E-state index in [-0.39, 0.29) is 6.10 Å². The highest BCUT2D eigenvalue weighted by Crippen LogP contribution is 2.40. The van der Waals surface area contributed by atoms with Gasteiger partial charge in [-0.15, -0.1) is 0 Å². The van der Waals surface area contributed by atoms with Crippen molar-refractivity contribution < 1.29 is 18.7 Å². The Kier molecular flexibility index (Phi) is 3.82. The highest BCUT2D eigenvalue weighted by Gasteiger charge is 2.24. The van der Waals surface area contributed by atoms with E-state index in [1.54, 1.807) is 18.0 Å². The van der Waals surface area contributed by atoms with E-state index in [0.29, 0.717) is 13.0 Å². The number of benzene rings is 2. The van der Waals surface area contributed by atoms with Gasteiger partial charge in [0.25, 0.3) is 0 Å². The lowest BCUT2D eigenvalue weighted by Gasteiger charge is -2.25. The van der Waals surface area contributed by atoms with Crippen LogP contribution in [0.5, 0.6) is 5.75 Å². The Morgan fingerprint density at radius 3 is 3.00 bits per heavy atom. The SMILES string of the molecule is NC(=O)OC1CCOc2cc(Sc3coc4ccccc34)ccc21. The minimum Gasteiger partial charge on any atom is -0.493 e. The Morgan fingerprint density at radius 1 is 1.25 bits per heavy atom. The molecule has 1 amide bonds. The normalized spacial score (nSPS) is 16.4. The van der Waals surface area contributed by atoms with Crippen LogP contribution in [0.15, 0.2) is 62.9 Å². The van der Waals surface area contributed by atoms with E-state index >= 15 is 0 Å². The maximum absolute atomic E-state index is 11.0. The molecule has 24 heavy (non-hydrogen) atoms. The lowest BCUT2D eigenvalue weighted by Crippen LogP contribution is -2.22. The number of amides is 1. The summed E-state index contributed by atoms with van der Waals surface area (Å²) in [5.41, 5.74) is 6.85. The Bertz CT molecular complexity index is 905. The van der Waals surface area contributed by atoms with Gasteiger partial charge in [0.15, 0.2) is 0 Å². The van der Waals surface area contributed by atoms with Gasteiger partial charge in [-0.2, -0.15) is 0 Å². The van der Waals surface area contributed by atoms with E-state index < -0.39 is 6.09 Å². The van der Waals surface area contributed by atoms with Gasteiger partial charge >= 0.3 is 6.09 Å². The average molecular weight is 341 g/mol. The fourth-order valence-electron chi connectivity index (χ4n) is 2.82. The fourth-order valence-corrected chi connectivity index (χ4v) is 3.75. The van der Waals surface area contributed by atoms with Crippen LogP contribution in [0.2, 0.25) is 0 Å². The van der Waals surface area contributed by atoms with Gasteiger partial charge in [0.05, 0.1) is 11.5 Å². The molecule has 0 fully saturated rings. The predicted octanol–water partition coefficient (Wildman–Crippen LogP) is 4.50. The van der Waals surface area contributed by atoms with Crippen LogP contribution in [-0.4, -0.2) is 12.7 Å². The number of carbonyl (C=O) groups excluding carboxylic acids is 1. The van der Waals surface area contributed by atoms with Crippen molar-refractivity contribution >= 4 is 28.8 Å². The molecule has 0 saturated carbocycles. The van der Waals surface area contributed by atoms with E-state index in [1.807, 2.05) is 42.5 Å². The molecule has 0 saturated heterocycles. The van der Waals surface area contributed by atoms with Crippen molar-refractivity contribution in [2.45, 2.75) is 22.3 Å². The van der Waals surface area contributed by atoms with E-state index in [0.717, 1.165) is 32.1 Å². The van der Waals surface area contributed by atoms with Gasteiger partial charge in [0.2, 0.25) is 0 Å². The molecule has 122 valence electrons. The molecule has 2 N–H and O–H groups in total. The van der Waals surface area contributed by atoms with Gasteiger partial charge in [-0.25, -0.2) is 4.79 Å². The molecule has 6 heteroatoms. The maximum atomic E-state index is 11.0. The van der Waals surface area contributed by atoms with Crippen LogP contribution < -0.4 is 10.5 Å². The van der Waals surface area contributed by atoms with Gasteiger partial charge < -0.3 is 19.6 Å². The molecule has 0 spiro atoms. The Balaban J connectivity index is 1.62. The molecule has 0 radical (unpaired) electrons. The molecule has 5 nitrogen and oxygen atoms in total. The zero-order valence-electron chi connectivity index (χ0n) is 12.7. The summed E-state index contributed by atoms with van der Waals surface area (Å²) in [7, 11) is 0. The first-order chi connectivity index (χ1) is 11.7. The number of furan rings is 1. The molecule has 4 rings (SSSR count). The average Bonchev–Trinajstić information content (AvgIpc) is 2.98.